The van der Waals surface area contributed by atoms with Crippen molar-refractivity contribution in [2.45, 2.75) is 84.4 Å². The van der Waals surface area contributed by atoms with Crippen LogP contribution in [0.2, 0.25) is 0 Å². The summed E-state index contributed by atoms with van der Waals surface area (Å²) in [4.78, 5) is 27.8. The smallest absolute Gasteiger partial charge is 0.341 e. The predicted octanol–water partition coefficient (Wildman–Crippen LogP) is 4.04. The third-order valence-corrected chi connectivity index (χ3v) is 5.99. The Kier molecular flexibility index (Phi) is 9.27. The number of carbonyl (C=O) groups excluding carboxylic acids is 2. The number of nitrogens with zero attached hydrogens (tertiary/aromatic N) is 3. The third kappa shape index (κ3) is 8.54. The lowest BCUT2D eigenvalue weighted by Gasteiger charge is -2.24. The summed E-state index contributed by atoms with van der Waals surface area (Å²) < 4.78 is 5.83. The molecular formula is C21H38N4O3S. The van der Waals surface area contributed by atoms with Crippen LogP contribution in [-0.4, -0.2) is 65.6 Å². The fourth-order valence-corrected chi connectivity index (χ4v) is 4.26. The molecule has 0 spiro atoms. The first-order valence-corrected chi connectivity index (χ1v) is 11.8. The molecule has 1 aliphatic carbocycles. The molecule has 29 heavy (non-hydrogen) atoms. The number of urea groups is 1. The van der Waals surface area contributed by atoms with Crippen LogP contribution in [0.4, 0.5) is 4.79 Å². The number of amides is 2. The average molecular weight is 427 g/mol. The van der Waals surface area contributed by atoms with Crippen LogP contribution in [0.15, 0.2) is 5.10 Å². The normalized spacial score (nSPS) is 21.0. The number of carbonyl (C=O) groups is 2. The van der Waals surface area contributed by atoms with Gasteiger partial charge in [0.15, 0.2) is 5.78 Å². The zero-order chi connectivity index (χ0) is 21.4. The van der Waals surface area contributed by atoms with Gasteiger partial charge in [0.05, 0.1) is 0 Å². The van der Waals surface area contributed by atoms with Crippen LogP contribution in [0.25, 0.3) is 0 Å². The zero-order valence-corrected chi connectivity index (χ0v) is 19.5. The lowest BCUT2D eigenvalue weighted by atomic mass is 9.89. The molecule has 1 N–H and O–H groups in total. The molecule has 0 saturated heterocycles. The highest BCUT2D eigenvalue weighted by Gasteiger charge is 2.39. The van der Waals surface area contributed by atoms with Gasteiger partial charge in [0.25, 0.3) is 11.5 Å². The SMILES string of the molecule is CN(C)CCSC1=NN(C(=O)NC2CCCCCC2)C(C(=O)CCC(C)(C)C)O1. The quantitative estimate of drug-likeness (QED) is 0.622. The van der Waals surface area contributed by atoms with Crippen molar-refractivity contribution >= 4 is 28.8 Å². The van der Waals surface area contributed by atoms with Crippen LogP contribution < -0.4 is 5.32 Å². The second-order valence-electron chi connectivity index (χ2n) is 9.50. The molecule has 0 aromatic rings. The highest BCUT2D eigenvalue weighted by Crippen LogP contribution is 2.26. The first kappa shape index (κ1) is 24.0. The van der Waals surface area contributed by atoms with Gasteiger partial charge in [0.2, 0.25) is 0 Å². The van der Waals surface area contributed by atoms with E-state index in [2.05, 4.69) is 36.1 Å². The van der Waals surface area contributed by atoms with Crippen LogP contribution in [0, 0.1) is 5.41 Å². The van der Waals surface area contributed by atoms with Crippen molar-refractivity contribution in [2.75, 3.05) is 26.4 Å². The monoisotopic (exact) mass is 426 g/mol. The van der Waals surface area contributed by atoms with Gasteiger partial charge >= 0.3 is 6.03 Å². The summed E-state index contributed by atoms with van der Waals surface area (Å²) in [5, 5.41) is 9.07. The lowest BCUT2D eigenvalue weighted by Crippen LogP contribution is -2.48. The van der Waals surface area contributed by atoms with E-state index in [1.54, 1.807) is 0 Å². The molecule has 0 aromatic heterocycles. The molecule has 0 aromatic carbocycles. The van der Waals surface area contributed by atoms with Crippen LogP contribution >= 0.6 is 11.8 Å². The number of thioether (sulfide) groups is 1. The molecule has 2 amide bonds. The number of nitrogens with one attached hydrogen (secondary N) is 1. The number of hydrazone groups is 1. The Morgan fingerprint density at radius 2 is 1.86 bits per heavy atom. The summed E-state index contributed by atoms with van der Waals surface area (Å²) in [6.07, 6.45) is 6.82. The van der Waals surface area contributed by atoms with E-state index in [9.17, 15) is 9.59 Å². The number of ketones is 1. The van der Waals surface area contributed by atoms with Gasteiger partial charge in [-0.05, 0) is 38.8 Å². The molecule has 2 rings (SSSR count). The Balaban J connectivity index is 2.02. The maximum absolute atomic E-state index is 12.9. The number of rotatable bonds is 7. The van der Waals surface area contributed by atoms with E-state index < -0.39 is 6.23 Å². The second kappa shape index (κ2) is 11.2. The maximum atomic E-state index is 12.9. The van der Waals surface area contributed by atoms with Crippen molar-refractivity contribution in [3.63, 3.8) is 0 Å². The van der Waals surface area contributed by atoms with Crippen molar-refractivity contribution in [1.82, 2.24) is 15.2 Å². The van der Waals surface area contributed by atoms with E-state index >= 15 is 0 Å². The van der Waals surface area contributed by atoms with Crippen molar-refractivity contribution in [3.8, 4) is 0 Å². The molecule has 1 saturated carbocycles. The van der Waals surface area contributed by atoms with Crippen molar-refractivity contribution in [1.29, 1.82) is 0 Å². The standard InChI is InChI=1S/C21H38N4O3S/c1-21(2,3)13-12-17(26)18-25(23-20(28-18)29-15-14-24(4)5)19(27)22-16-10-8-6-7-9-11-16/h16,18H,6-15H2,1-5H3,(H,22,27). The molecule has 0 radical (unpaired) electrons. The number of Topliss-reactive ketones (excluding diaryl/α,β-unsaturated/α-hetero) is 1. The maximum Gasteiger partial charge on any atom is 0.341 e. The molecule has 2 aliphatic rings. The molecular weight excluding hydrogens is 388 g/mol. The number of hydrogen-bond acceptors (Lipinski definition) is 6. The van der Waals surface area contributed by atoms with Crippen molar-refractivity contribution in [3.05, 3.63) is 0 Å². The Morgan fingerprint density at radius 3 is 2.45 bits per heavy atom. The predicted molar refractivity (Wildman–Crippen MR) is 119 cm³/mol. The van der Waals surface area contributed by atoms with Crippen LogP contribution in [0.5, 0.6) is 0 Å². The highest BCUT2D eigenvalue weighted by atomic mass is 32.2. The zero-order valence-electron chi connectivity index (χ0n) is 18.7. The number of ether oxygens (including phenoxy) is 1. The van der Waals surface area contributed by atoms with E-state index in [0.29, 0.717) is 11.7 Å². The number of hydrogen-bond donors (Lipinski definition) is 1. The summed E-state index contributed by atoms with van der Waals surface area (Å²) in [6.45, 7) is 7.17. The minimum absolute atomic E-state index is 0.0475. The summed E-state index contributed by atoms with van der Waals surface area (Å²) in [5.74, 6) is 0.690. The molecule has 1 aliphatic heterocycles. The third-order valence-electron chi connectivity index (χ3n) is 5.18. The van der Waals surface area contributed by atoms with E-state index in [4.69, 9.17) is 4.74 Å². The minimum Gasteiger partial charge on any atom is -0.438 e. The fourth-order valence-electron chi connectivity index (χ4n) is 3.33. The molecule has 1 fully saturated rings. The topological polar surface area (TPSA) is 74.2 Å². The Labute approximate surface area is 180 Å². The Bertz CT molecular complexity index is 581. The molecule has 0 bridgehead atoms. The Morgan fingerprint density at radius 1 is 1.21 bits per heavy atom. The summed E-state index contributed by atoms with van der Waals surface area (Å²) in [5.41, 5.74) is 0.0475. The van der Waals surface area contributed by atoms with Gasteiger partial charge in [-0.25, -0.2) is 4.79 Å². The highest BCUT2D eigenvalue weighted by molar-refractivity contribution is 8.13. The van der Waals surface area contributed by atoms with E-state index in [-0.39, 0.29) is 23.3 Å². The summed E-state index contributed by atoms with van der Waals surface area (Å²) in [6, 6.07) is -0.176. The van der Waals surface area contributed by atoms with Gasteiger partial charge in [-0.2, -0.15) is 5.01 Å². The van der Waals surface area contributed by atoms with Gasteiger partial charge in [-0.15, -0.1) is 5.10 Å². The van der Waals surface area contributed by atoms with Gasteiger partial charge < -0.3 is 15.0 Å². The van der Waals surface area contributed by atoms with Gasteiger partial charge in [-0.3, -0.25) is 4.79 Å². The summed E-state index contributed by atoms with van der Waals surface area (Å²) in [7, 11) is 4.01. The minimum atomic E-state index is -0.954. The average Bonchev–Trinajstić information content (AvgIpc) is 2.89. The van der Waals surface area contributed by atoms with E-state index in [1.807, 2.05) is 14.1 Å². The van der Waals surface area contributed by atoms with Crippen LogP contribution in [0.3, 0.4) is 0 Å². The van der Waals surface area contributed by atoms with Gasteiger partial charge in [0.1, 0.15) is 0 Å². The van der Waals surface area contributed by atoms with E-state index in [1.165, 1.54) is 29.6 Å². The van der Waals surface area contributed by atoms with Gasteiger partial charge in [-0.1, -0.05) is 58.2 Å². The Hall–Kier alpha value is -1.28. The van der Waals surface area contributed by atoms with Crippen molar-refractivity contribution in [2.24, 2.45) is 10.5 Å². The van der Waals surface area contributed by atoms with E-state index in [0.717, 1.165) is 44.4 Å². The second-order valence-corrected chi connectivity index (χ2v) is 10.5. The van der Waals surface area contributed by atoms with Crippen molar-refractivity contribution < 1.29 is 14.3 Å². The van der Waals surface area contributed by atoms with Gasteiger partial charge in [0, 0.05) is 24.8 Å². The molecule has 1 heterocycles. The molecule has 8 heteroatoms. The fraction of sp³-hybridized carbons (Fsp3) is 0.857. The lowest BCUT2D eigenvalue weighted by molar-refractivity contribution is -0.131. The molecule has 166 valence electrons. The summed E-state index contributed by atoms with van der Waals surface area (Å²) >= 11 is 1.44. The first-order chi connectivity index (χ1) is 13.7. The first-order valence-electron chi connectivity index (χ1n) is 10.8. The molecule has 7 nitrogen and oxygen atoms in total. The van der Waals surface area contributed by atoms with Crippen LogP contribution in [0.1, 0.15) is 72.1 Å². The largest absolute Gasteiger partial charge is 0.438 e. The molecule has 1 unspecified atom stereocenters. The van der Waals surface area contributed by atoms with Crippen LogP contribution in [-0.2, 0) is 9.53 Å². The molecule has 1 atom stereocenters.